The second kappa shape index (κ2) is 9.51. The van der Waals surface area contributed by atoms with Gasteiger partial charge in [0.05, 0.1) is 6.61 Å². The first-order valence-electron chi connectivity index (χ1n) is 6.70. The van der Waals surface area contributed by atoms with Gasteiger partial charge in [0.1, 0.15) is 0 Å². The first-order valence-corrected chi connectivity index (χ1v) is 6.70. The van der Waals surface area contributed by atoms with E-state index in [1.165, 1.54) is 32.1 Å². The summed E-state index contributed by atoms with van der Waals surface area (Å²) in [5, 5.41) is 0. The van der Waals surface area contributed by atoms with Crippen LogP contribution >= 0.6 is 0 Å². The van der Waals surface area contributed by atoms with E-state index in [1.807, 2.05) is 18.2 Å². The molecule has 0 atom stereocenters. The first-order chi connectivity index (χ1) is 8.88. The van der Waals surface area contributed by atoms with Crippen LogP contribution in [-0.4, -0.2) is 13.1 Å². The SMILES string of the molecule is CCCCCCCCOc1ccccc1OC=O. The third-order valence-electron chi connectivity index (χ3n) is 2.78. The Morgan fingerprint density at radius 3 is 2.39 bits per heavy atom. The molecule has 100 valence electrons. The van der Waals surface area contributed by atoms with E-state index in [0.29, 0.717) is 24.6 Å². The monoisotopic (exact) mass is 250 g/mol. The molecule has 0 saturated carbocycles. The summed E-state index contributed by atoms with van der Waals surface area (Å²) in [4.78, 5) is 10.3. The molecule has 0 saturated heterocycles. The van der Waals surface area contributed by atoms with Gasteiger partial charge in [-0.3, -0.25) is 4.79 Å². The van der Waals surface area contributed by atoms with E-state index in [0.717, 1.165) is 6.42 Å². The normalized spacial score (nSPS) is 10.1. The van der Waals surface area contributed by atoms with Gasteiger partial charge in [0, 0.05) is 0 Å². The molecule has 0 fully saturated rings. The molecule has 1 rings (SSSR count). The van der Waals surface area contributed by atoms with Gasteiger partial charge >= 0.3 is 0 Å². The van der Waals surface area contributed by atoms with E-state index in [1.54, 1.807) is 6.07 Å². The minimum Gasteiger partial charge on any atom is -0.490 e. The van der Waals surface area contributed by atoms with E-state index < -0.39 is 0 Å². The lowest BCUT2D eigenvalue weighted by Gasteiger charge is -2.09. The molecular formula is C15H22O3. The Morgan fingerprint density at radius 2 is 1.67 bits per heavy atom. The van der Waals surface area contributed by atoms with E-state index >= 15 is 0 Å². The van der Waals surface area contributed by atoms with E-state index in [2.05, 4.69) is 6.92 Å². The average molecular weight is 250 g/mol. The quantitative estimate of drug-likeness (QED) is 0.465. The zero-order valence-corrected chi connectivity index (χ0v) is 11.1. The minimum absolute atomic E-state index is 0.424. The second-order valence-corrected chi connectivity index (χ2v) is 4.28. The number of hydrogen-bond donors (Lipinski definition) is 0. The number of para-hydroxylation sites is 2. The van der Waals surface area contributed by atoms with E-state index in [-0.39, 0.29) is 0 Å². The van der Waals surface area contributed by atoms with Crippen molar-refractivity contribution >= 4 is 6.47 Å². The van der Waals surface area contributed by atoms with Crippen LogP contribution in [0.5, 0.6) is 11.5 Å². The predicted octanol–water partition coefficient (Wildman–Crippen LogP) is 3.96. The largest absolute Gasteiger partial charge is 0.490 e. The highest BCUT2D eigenvalue weighted by Gasteiger charge is 2.03. The molecular weight excluding hydrogens is 228 g/mol. The molecule has 0 radical (unpaired) electrons. The molecule has 0 aliphatic rings. The third-order valence-corrected chi connectivity index (χ3v) is 2.78. The van der Waals surface area contributed by atoms with Gasteiger partial charge in [-0.15, -0.1) is 0 Å². The molecule has 0 aliphatic heterocycles. The number of hydrogen-bond acceptors (Lipinski definition) is 3. The van der Waals surface area contributed by atoms with Crippen molar-refractivity contribution in [3.05, 3.63) is 24.3 Å². The van der Waals surface area contributed by atoms with Crippen molar-refractivity contribution in [1.82, 2.24) is 0 Å². The van der Waals surface area contributed by atoms with Gasteiger partial charge < -0.3 is 9.47 Å². The molecule has 3 nitrogen and oxygen atoms in total. The van der Waals surface area contributed by atoms with Crippen molar-refractivity contribution < 1.29 is 14.3 Å². The fourth-order valence-electron chi connectivity index (χ4n) is 1.78. The third kappa shape index (κ3) is 5.71. The molecule has 1 aromatic carbocycles. The first kappa shape index (κ1) is 14.6. The predicted molar refractivity (Wildman–Crippen MR) is 72.0 cm³/mol. The molecule has 1 aromatic rings. The van der Waals surface area contributed by atoms with Gasteiger partial charge in [0.25, 0.3) is 6.47 Å². The lowest BCUT2D eigenvalue weighted by atomic mass is 10.1. The van der Waals surface area contributed by atoms with Gasteiger partial charge in [0.15, 0.2) is 11.5 Å². The van der Waals surface area contributed by atoms with E-state index in [4.69, 9.17) is 9.47 Å². The molecule has 0 spiro atoms. The minimum atomic E-state index is 0.424. The second-order valence-electron chi connectivity index (χ2n) is 4.28. The number of rotatable bonds is 10. The molecule has 0 bridgehead atoms. The van der Waals surface area contributed by atoms with Crippen LogP contribution in [0, 0.1) is 0 Å². The number of carbonyl (C=O) groups is 1. The number of carbonyl (C=O) groups excluding carboxylic acids is 1. The van der Waals surface area contributed by atoms with E-state index in [9.17, 15) is 4.79 Å². The van der Waals surface area contributed by atoms with Gasteiger partial charge in [-0.2, -0.15) is 0 Å². The van der Waals surface area contributed by atoms with Gasteiger partial charge in [0.2, 0.25) is 0 Å². The maximum Gasteiger partial charge on any atom is 0.298 e. The van der Waals surface area contributed by atoms with Crippen LogP contribution in [0.3, 0.4) is 0 Å². The Balaban J connectivity index is 2.20. The van der Waals surface area contributed by atoms with Crippen molar-refractivity contribution in [2.45, 2.75) is 45.4 Å². The van der Waals surface area contributed by atoms with Crippen LogP contribution in [0.2, 0.25) is 0 Å². The van der Waals surface area contributed by atoms with Crippen molar-refractivity contribution in [2.75, 3.05) is 6.61 Å². The number of unbranched alkanes of at least 4 members (excludes halogenated alkanes) is 5. The highest BCUT2D eigenvalue weighted by molar-refractivity contribution is 5.50. The maximum atomic E-state index is 10.3. The fraction of sp³-hybridized carbons (Fsp3) is 0.533. The van der Waals surface area contributed by atoms with Crippen molar-refractivity contribution in [2.24, 2.45) is 0 Å². The zero-order chi connectivity index (χ0) is 13.1. The molecule has 0 aliphatic carbocycles. The molecule has 0 N–H and O–H groups in total. The topological polar surface area (TPSA) is 35.5 Å². The van der Waals surface area contributed by atoms with Crippen LogP contribution in [-0.2, 0) is 4.79 Å². The summed E-state index contributed by atoms with van der Waals surface area (Å²) in [6, 6.07) is 7.23. The van der Waals surface area contributed by atoms with Crippen LogP contribution in [0.1, 0.15) is 45.4 Å². The Labute approximate surface area is 109 Å². The molecule has 18 heavy (non-hydrogen) atoms. The highest BCUT2D eigenvalue weighted by Crippen LogP contribution is 2.26. The summed E-state index contributed by atoms with van der Waals surface area (Å²) >= 11 is 0. The van der Waals surface area contributed by atoms with Crippen molar-refractivity contribution in [3.63, 3.8) is 0 Å². The summed E-state index contributed by atoms with van der Waals surface area (Å²) in [5.74, 6) is 1.12. The van der Waals surface area contributed by atoms with Crippen LogP contribution in [0.15, 0.2) is 24.3 Å². The zero-order valence-electron chi connectivity index (χ0n) is 11.1. The smallest absolute Gasteiger partial charge is 0.298 e. The summed E-state index contributed by atoms with van der Waals surface area (Å²) in [6.45, 7) is 3.31. The molecule has 0 heterocycles. The Hall–Kier alpha value is -1.51. The van der Waals surface area contributed by atoms with Crippen molar-refractivity contribution in [3.8, 4) is 11.5 Å². The van der Waals surface area contributed by atoms with Gasteiger partial charge in [-0.05, 0) is 18.6 Å². The lowest BCUT2D eigenvalue weighted by Crippen LogP contribution is -2.00. The Bertz CT molecular complexity index is 336. The Kier molecular flexibility index (Phi) is 7.69. The van der Waals surface area contributed by atoms with Gasteiger partial charge in [-0.25, -0.2) is 0 Å². The summed E-state index contributed by atoms with van der Waals surface area (Å²) < 4.78 is 10.5. The summed E-state index contributed by atoms with van der Waals surface area (Å²) in [7, 11) is 0. The molecule has 0 aromatic heterocycles. The van der Waals surface area contributed by atoms with Gasteiger partial charge in [-0.1, -0.05) is 51.2 Å². The standard InChI is InChI=1S/C15H22O3/c1-2-3-4-5-6-9-12-17-14-10-7-8-11-15(14)18-13-16/h7-8,10-11,13H,2-6,9,12H2,1H3. The lowest BCUT2D eigenvalue weighted by molar-refractivity contribution is -0.120. The highest BCUT2D eigenvalue weighted by atomic mass is 16.5. The van der Waals surface area contributed by atoms with Crippen LogP contribution in [0.4, 0.5) is 0 Å². The van der Waals surface area contributed by atoms with Crippen LogP contribution < -0.4 is 9.47 Å². The Morgan fingerprint density at radius 1 is 1.00 bits per heavy atom. The van der Waals surface area contributed by atoms with Crippen LogP contribution in [0.25, 0.3) is 0 Å². The van der Waals surface area contributed by atoms with Crippen molar-refractivity contribution in [1.29, 1.82) is 0 Å². The summed E-state index contributed by atoms with van der Waals surface area (Å²) in [5.41, 5.74) is 0. The molecule has 0 amide bonds. The maximum absolute atomic E-state index is 10.3. The summed E-state index contributed by atoms with van der Waals surface area (Å²) in [6.07, 6.45) is 7.39. The average Bonchev–Trinajstić information content (AvgIpc) is 2.40. The number of benzene rings is 1. The molecule has 0 unspecified atom stereocenters. The molecule has 3 heteroatoms. The fourth-order valence-corrected chi connectivity index (χ4v) is 1.78. The number of ether oxygens (including phenoxy) is 2.